The Morgan fingerprint density at radius 1 is 1.21 bits per heavy atom. The minimum absolute atomic E-state index is 0. The van der Waals surface area contributed by atoms with Crippen LogP contribution in [0.3, 0.4) is 0 Å². The zero-order valence-corrected chi connectivity index (χ0v) is 20.0. The Morgan fingerprint density at radius 3 is 2.66 bits per heavy atom. The Balaban J connectivity index is 0.00000300. The van der Waals surface area contributed by atoms with E-state index in [1.165, 1.54) is 37.7 Å². The van der Waals surface area contributed by atoms with E-state index in [2.05, 4.69) is 26.9 Å². The number of nitrogens with one attached hydrogen (secondary N) is 2. The molecule has 1 aromatic carbocycles. The highest BCUT2D eigenvalue weighted by Crippen LogP contribution is 2.18. The molecule has 160 valence electrons. The summed E-state index contributed by atoms with van der Waals surface area (Å²) in [5.41, 5.74) is 1.19. The second-order valence-electron chi connectivity index (χ2n) is 7.36. The summed E-state index contributed by atoms with van der Waals surface area (Å²) in [6.45, 7) is 3.25. The number of hydrogen-bond donors (Lipinski definition) is 2. The first-order valence-electron chi connectivity index (χ1n) is 10.2. The lowest BCUT2D eigenvalue weighted by molar-refractivity contribution is 0.407. The molecule has 0 aliphatic heterocycles. The highest BCUT2D eigenvalue weighted by atomic mass is 127. The number of aromatic nitrogens is 3. The number of aliphatic imine (C=N–C) groups is 1. The molecule has 0 spiro atoms. The molecular formula is C21H33IN6O. The van der Waals surface area contributed by atoms with Gasteiger partial charge < -0.3 is 19.9 Å². The molecule has 1 heterocycles. The largest absolute Gasteiger partial charge is 0.496 e. The van der Waals surface area contributed by atoms with Gasteiger partial charge in [0.1, 0.15) is 18.1 Å². The van der Waals surface area contributed by atoms with Crippen LogP contribution in [0.25, 0.3) is 0 Å². The number of hydrogen-bond acceptors (Lipinski definition) is 4. The van der Waals surface area contributed by atoms with E-state index in [1.54, 1.807) is 7.11 Å². The summed E-state index contributed by atoms with van der Waals surface area (Å²) < 4.78 is 7.44. The van der Waals surface area contributed by atoms with Crippen molar-refractivity contribution in [2.75, 3.05) is 13.7 Å². The highest BCUT2D eigenvalue weighted by Gasteiger charge is 2.15. The van der Waals surface area contributed by atoms with E-state index in [0.717, 1.165) is 36.3 Å². The summed E-state index contributed by atoms with van der Waals surface area (Å²) >= 11 is 0. The zero-order valence-electron chi connectivity index (χ0n) is 17.6. The average Bonchev–Trinajstić information content (AvgIpc) is 3.05. The minimum atomic E-state index is 0. The molecule has 29 heavy (non-hydrogen) atoms. The summed E-state index contributed by atoms with van der Waals surface area (Å²) in [5, 5.41) is 15.4. The van der Waals surface area contributed by atoms with E-state index in [1.807, 2.05) is 36.7 Å². The smallest absolute Gasteiger partial charge is 0.191 e. The van der Waals surface area contributed by atoms with Gasteiger partial charge in [0.05, 0.1) is 7.11 Å². The van der Waals surface area contributed by atoms with Crippen LogP contribution >= 0.6 is 24.0 Å². The van der Waals surface area contributed by atoms with Crippen molar-refractivity contribution in [3.63, 3.8) is 0 Å². The Morgan fingerprint density at radius 2 is 1.97 bits per heavy atom. The van der Waals surface area contributed by atoms with Crippen molar-refractivity contribution in [2.24, 2.45) is 12.0 Å². The normalized spacial score (nSPS) is 14.9. The fraction of sp³-hybridized carbons (Fsp3) is 0.571. The molecule has 0 saturated heterocycles. The van der Waals surface area contributed by atoms with Crippen molar-refractivity contribution in [2.45, 2.75) is 58.0 Å². The summed E-state index contributed by atoms with van der Waals surface area (Å²) in [7, 11) is 3.69. The van der Waals surface area contributed by atoms with Crippen molar-refractivity contribution in [3.05, 3.63) is 41.5 Å². The molecular weight excluding hydrogens is 479 g/mol. The van der Waals surface area contributed by atoms with Gasteiger partial charge in [0, 0.05) is 19.6 Å². The summed E-state index contributed by atoms with van der Waals surface area (Å²) in [4.78, 5) is 4.78. The van der Waals surface area contributed by atoms with Gasteiger partial charge in [0.2, 0.25) is 0 Å². The SMILES string of the molecule is COc1ccccc1CCNC(=NCc1nnc(C)n1C)NC1CCCCC1.I. The number of methoxy groups -OCH3 is 1. The Hall–Kier alpha value is -1.84. The first kappa shape index (κ1) is 23.4. The standard InChI is InChI=1S/C21H32N6O.HI/c1-16-25-26-20(27(16)2)15-23-21(24-18-10-5-4-6-11-18)22-14-13-17-9-7-8-12-19(17)28-3;/h7-9,12,18H,4-6,10-11,13-15H2,1-3H3,(H2,22,23,24);1H. The highest BCUT2D eigenvalue weighted by molar-refractivity contribution is 14.0. The van der Waals surface area contributed by atoms with Crippen molar-refractivity contribution in [3.8, 4) is 5.75 Å². The predicted molar refractivity (Wildman–Crippen MR) is 127 cm³/mol. The number of ether oxygens (including phenoxy) is 1. The third kappa shape index (κ3) is 6.87. The van der Waals surface area contributed by atoms with Crippen LogP contribution in [0, 0.1) is 6.92 Å². The summed E-state index contributed by atoms with van der Waals surface area (Å²) in [6.07, 6.45) is 7.19. The van der Waals surface area contributed by atoms with Gasteiger partial charge in [-0.25, -0.2) is 4.99 Å². The first-order valence-corrected chi connectivity index (χ1v) is 10.2. The van der Waals surface area contributed by atoms with E-state index in [0.29, 0.717) is 12.6 Å². The monoisotopic (exact) mass is 512 g/mol. The topological polar surface area (TPSA) is 76.4 Å². The van der Waals surface area contributed by atoms with Gasteiger partial charge >= 0.3 is 0 Å². The number of halogens is 1. The van der Waals surface area contributed by atoms with Crippen LogP contribution in [0.5, 0.6) is 5.75 Å². The van der Waals surface area contributed by atoms with E-state index in [9.17, 15) is 0 Å². The quantitative estimate of drug-likeness (QED) is 0.338. The molecule has 1 aliphatic rings. The molecule has 1 aromatic heterocycles. The van der Waals surface area contributed by atoms with Crippen LogP contribution in [-0.2, 0) is 20.0 Å². The van der Waals surface area contributed by atoms with Crippen molar-refractivity contribution in [1.29, 1.82) is 0 Å². The van der Waals surface area contributed by atoms with Crippen LogP contribution in [0.2, 0.25) is 0 Å². The molecule has 8 heteroatoms. The van der Waals surface area contributed by atoms with Crippen molar-refractivity contribution >= 4 is 29.9 Å². The molecule has 1 aliphatic carbocycles. The summed E-state index contributed by atoms with van der Waals surface area (Å²) in [6, 6.07) is 8.64. The van der Waals surface area contributed by atoms with E-state index >= 15 is 0 Å². The second kappa shape index (κ2) is 12.0. The number of nitrogens with zero attached hydrogens (tertiary/aromatic N) is 4. The Kier molecular flexibility index (Phi) is 9.69. The number of aryl methyl sites for hydroxylation is 1. The van der Waals surface area contributed by atoms with Gasteiger partial charge in [-0.1, -0.05) is 37.5 Å². The van der Waals surface area contributed by atoms with Gasteiger partial charge in [-0.3, -0.25) is 0 Å². The lowest BCUT2D eigenvalue weighted by atomic mass is 9.96. The number of guanidine groups is 1. The Labute approximate surface area is 190 Å². The van der Waals surface area contributed by atoms with Crippen LogP contribution in [0.15, 0.2) is 29.3 Å². The van der Waals surface area contributed by atoms with E-state index in [-0.39, 0.29) is 24.0 Å². The van der Waals surface area contributed by atoms with Gasteiger partial charge in [-0.15, -0.1) is 34.2 Å². The van der Waals surface area contributed by atoms with Gasteiger partial charge in [-0.05, 0) is 37.8 Å². The minimum Gasteiger partial charge on any atom is -0.496 e. The maximum absolute atomic E-state index is 5.45. The van der Waals surface area contributed by atoms with E-state index < -0.39 is 0 Å². The van der Waals surface area contributed by atoms with Crippen LogP contribution in [0.4, 0.5) is 0 Å². The van der Waals surface area contributed by atoms with Crippen LogP contribution in [-0.4, -0.2) is 40.4 Å². The molecule has 0 amide bonds. The fourth-order valence-corrected chi connectivity index (χ4v) is 3.56. The molecule has 2 aromatic rings. The third-order valence-electron chi connectivity index (χ3n) is 5.39. The number of rotatable bonds is 7. The molecule has 1 saturated carbocycles. The van der Waals surface area contributed by atoms with Gasteiger partial charge in [-0.2, -0.15) is 0 Å². The number of para-hydroxylation sites is 1. The molecule has 0 radical (unpaired) electrons. The molecule has 3 rings (SSSR count). The van der Waals surface area contributed by atoms with Gasteiger partial charge in [0.25, 0.3) is 0 Å². The lowest BCUT2D eigenvalue weighted by Gasteiger charge is -2.25. The maximum Gasteiger partial charge on any atom is 0.191 e. The fourth-order valence-electron chi connectivity index (χ4n) is 3.56. The van der Waals surface area contributed by atoms with Gasteiger partial charge in [0.15, 0.2) is 11.8 Å². The molecule has 0 atom stereocenters. The lowest BCUT2D eigenvalue weighted by Crippen LogP contribution is -2.44. The molecule has 7 nitrogen and oxygen atoms in total. The summed E-state index contributed by atoms with van der Waals surface area (Å²) in [5.74, 6) is 3.54. The molecule has 0 bridgehead atoms. The maximum atomic E-state index is 5.45. The zero-order chi connectivity index (χ0) is 19.8. The number of benzene rings is 1. The van der Waals surface area contributed by atoms with Crippen molar-refractivity contribution < 1.29 is 4.74 Å². The molecule has 0 unspecified atom stereocenters. The Bertz CT molecular complexity index is 785. The average molecular weight is 512 g/mol. The molecule has 2 N–H and O–H groups in total. The van der Waals surface area contributed by atoms with Crippen molar-refractivity contribution in [1.82, 2.24) is 25.4 Å². The first-order chi connectivity index (χ1) is 13.7. The second-order valence-corrected chi connectivity index (χ2v) is 7.36. The third-order valence-corrected chi connectivity index (χ3v) is 5.39. The predicted octanol–water partition coefficient (Wildman–Crippen LogP) is 3.36. The van der Waals surface area contributed by atoms with Crippen LogP contribution in [0.1, 0.15) is 49.3 Å². The van der Waals surface area contributed by atoms with E-state index in [4.69, 9.17) is 9.73 Å². The van der Waals surface area contributed by atoms with Crippen LogP contribution < -0.4 is 15.4 Å². The molecule has 1 fully saturated rings.